The molecule has 3 nitrogen and oxygen atoms in total. The quantitative estimate of drug-likeness (QED) is 0.265. The molecule has 0 aromatic rings. The van der Waals surface area contributed by atoms with Gasteiger partial charge in [0.1, 0.15) is 0 Å². The van der Waals surface area contributed by atoms with Crippen molar-refractivity contribution < 1.29 is 9.90 Å². The van der Waals surface area contributed by atoms with E-state index in [0.717, 1.165) is 6.07 Å². The SMILES string of the molecule is N#CC(=O)O.[KH].[KH].[KH]. The van der Waals surface area contributed by atoms with Gasteiger partial charge < -0.3 is 5.11 Å². The molecular weight excluding hydrogens is 187 g/mol. The molecule has 32 valence electrons. The number of rotatable bonds is 0. The van der Waals surface area contributed by atoms with Gasteiger partial charge in [-0.05, 0) is 0 Å². The Bertz CT molecular complexity index is 87.8. The van der Waals surface area contributed by atoms with Gasteiger partial charge in [-0.1, -0.05) is 0 Å². The number of carboxylic acid groups (broad SMARTS) is 1. The van der Waals surface area contributed by atoms with Crippen LogP contribution < -0.4 is 0 Å². The van der Waals surface area contributed by atoms with Crippen molar-refractivity contribution in [2.45, 2.75) is 0 Å². The number of hydrogen-bond donors (Lipinski definition) is 1. The molecule has 0 aliphatic carbocycles. The van der Waals surface area contributed by atoms with Crippen LogP contribution in [-0.4, -0.2) is 165 Å². The molecule has 0 atom stereocenters. The number of carboxylic acids is 1. The second-order valence-corrected chi connectivity index (χ2v) is 0.417. The predicted octanol–water partition coefficient (Wildman–Crippen LogP) is -2.35. The van der Waals surface area contributed by atoms with Gasteiger partial charge in [0.25, 0.3) is 0 Å². The Morgan fingerprint density at radius 1 is 1.38 bits per heavy atom. The van der Waals surface area contributed by atoms with Crippen LogP contribution in [0, 0.1) is 11.3 Å². The molecule has 0 aliphatic rings. The summed E-state index contributed by atoms with van der Waals surface area (Å²) in [6.07, 6.45) is 0. The topological polar surface area (TPSA) is 61.1 Å². The van der Waals surface area contributed by atoms with Gasteiger partial charge in [0.2, 0.25) is 0 Å². The number of hydrogen-bond acceptors (Lipinski definition) is 2. The fourth-order valence-electron chi connectivity index (χ4n) is 0. The summed E-state index contributed by atoms with van der Waals surface area (Å²) in [5.74, 6) is -1.44. The zero-order valence-electron chi connectivity index (χ0n) is 2.30. The van der Waals surface area contributed by atoms with Gasteiger partial charge in [-0.25, -0.2) is 4.79 Å². The van der Waals surface area contributed by atoms with Crippen molar-refractivity contribution in [2.24, 2.45) is 0 Å². The van der Waals surface area contributed by atoms with E-state index >= 15 is 0 Å². The first-order chi connectivity index (χ1) is 2.27. The molecule has 6 heteroatoms. The first-order valence-electron chi connectivity index (χ1n) is 0.901. The van der Waals surface area contributed by atoms with Crippen LogP contribution in [0.1, 0.15) is 0 Å². The first kappa shape index (κ1) is 22.6. The summed E-state index contributed by atoms with van der Waals surface area (Å²) in [7, 11) is 0. The summed E-state index contributed by atoms with van der Waals surface area (Å²) >= 11 is 0. The molecule has 8 heavy (non-hydrogen) atoms. The van der Waals surface area contributed by atoms with Crippen LogP contribution in [0.3, 0.4) is 0 Å². The second-order valence-electron chi connectivity index (χ2n) is 0.417. The molecule has 1 N–H and O–H groups in total. The zero-order chi connectivity index (χ0) is 4.28. The third-order valence-corrected chi connectivity index (χ3v) is 0.0956. The van der Waals surface area contributed by atoms with Crippen molar-refractivity contribution in [3.05, 3.63) is 0 Å². The summed E-state index contributed by atoms with van der Waals surface area (Å²) in [5.41, 5.74) is 0. The van der Waals surface area contributed by atoms with Gasteiger partial charge in [0.05, 0.1) is 0 Å². The van der Waals surface area contributed by atoms with E-state index in [-0.39, 0.29) is 154 Å². The van der Waals surface area contributed by atoms with E-state index in [9.17, 15) is 0 Å². The van der Waals surface area contributed by atoms with Crippen molar-refractivity contribution in [1.82, 2.24) is 0 Å². The fourth-order valence-corrected chi connectivity index (χ4v) is 0. The van der Waals surface area contributed by atoms with Crippen LogP contribution in [0.15, 0.2) is 0 Å². The van der Waals surface area contributed by atoms with E-state index < -0.39 is 5.97 Å². The maximum atomic E-state index is 9.01. The minimum absolute atomic E-state index is 0. The van der Waals surface area contributed by atoms with Gasteiger partial charge in [-0.2, -0.15) is 5.26 Å². The summed E-state index contributed by atoms with van der Waals surface area (Å²) in [6, 6.07) is 0.944. The third kappa shape index (κ3) is 22.5. The Kier molecular flexibility index (Phi) is 48.4. The minimum atomic E-state index is -1.44. The predicted molar refractivity (Wildman–Crippen MR) is 34.7 cm³/mol. The number of nitriles is 1. The van der Waals surface area contributed by atoms with Crippen molar-refractivity contribution in [1.29, 1.82) is 5.26 Å². The molecule has 0 rings (SSSR count). The molecule has 0 fully saturated rings. The van der Waals surface area contributed by atoms with Crippen molar-refractivity contribution in [3.8, 4) is 6.07 Å². The van der Waals surface area contributed by atoms with E-state index in [2.05, 4.69) is 0 Å². The van der Waals surface area contributed by atoms with E-state index in [1.54, 1.807) is 0 Å². The normalized spacial score (nSPS) is 3.38. The molecule has 0 heterocycles. The fraction of sp³-hybridized carbons (Fsp3) is 0. The first-order valence-corrected chi connectivity index (χ1v) is 0.901. The number of aliphatic carboxylic acids is 1. The van der Waals surface area contributed by atoms with Crippen LogP contribution in [0.5, 0.6) is 0 Å². The summed E-state index contributed by atoms with van der Waals surface area (Å²) < 4.78 is 0. The molecule has 0 amide bonds. The molecule has 0 saturated heterocycles. The Morgan fingerprint density at radius 3 is 1.50 bits per heavy atom. The maximum absolute atomic E-state index is 9.01. The van der Waals surface area contributed by atoms with Gasteiger partial charge in [0, 0.05) is 0 Å². The van der Waals surface area contributed by atoms with E-state index in [1.165, 1.54) is 0 Å². The van der Waals surface area contributed by atoms with Crippen LogP contribution in [0.2, 0.25) is 0 Å². The van der Waals surface area contributed by atoms with E-state index in [4.69, 9.17) is 15.2 Å². The van der Waals surface area contributed by atoms with E-state index in [0.29, 0.717) is 0 Å². The van der Waals surface area contributed by atoms with Crippen LogP contribution in [-0.2, 0) is 4.79 Å². The standard InChI is InChI=1S/C2HNO2.3K.3H/c3-1-2(4)5;;;;;;/h(H,4,5);;;;;;. The molecule has 0 aliphatic heterocycles. The van der Waals surface area contributed by atoms with Crippen molar-refractivity contribution in [2.75, 3.05) is 0 Å². The van der Waals surface area contributed by atoms with Crippen LogP contribution >= 0.6 is 0 Å². The summed E-state index contributed by atoms with van der Waals surface area (Å²) in [4.78, 5) is 9.01. The van der Waals surface area contributed by atoms with E-state index in [1.807, 2.05) is 0 Å². The number of nitrogens with zero attached hydrogens (tertiary/aromatic N) is 1. The van der Waals surface area contributed by atoms with Crippen LogP contribution in [0.4, 0.5) is 0 Å². The van der Waals surface area contributed by atoms with Crippen molar-refractivity contribution in [3.63, 3.8) is 0 Å². The third-order valence-electron chi connectivity index (χ3n) is 0.0956. The molecule has 0 saturated carbocycles. The Morgan fingerprint density at radius 2 is 1.50 bits per heavy atom. The van der Waals surface area contributed by atoms with Crippen LogP contribution in [0.25, 0.3) is 0 Å². The van der Waals surface area contributed by atoms with Gasteiger partial charge in [-0.15, -0.1) is 0 Å². The van der Waals surface area contributed by atoms with Gasteiger partial charge in [-0.3, -0.25) is 0 Å². The van der Waals surface area contributed by atoms with Crippen molar-refractivity contribution >= 4 is 160 Å². The molecule has 0 spiro atoms. The van der Waals surface area contributed by atoms with Gasteiger partial charge in [0.15, 0.2) is 6.07 Å². The average molecular weight is 191 g/mol. The molecule has 0 unspecified atom stereocenters. The molecule has 0 aromatic carbocycles. The zero-order valence-corrected chi connectivity index (χ0v) is 2.30. The molecule has 0 bridgehead atoms. The molecular formula is C2H4K3NO2. The average Bonchev–Trinajstić information content (AvgIpc) is 1.38. The molecule has 0 aromatic heterocycles. The Labute approximate surface area is 175 Å². The Hall–Kier alpha value is 3.87. The summed E-state index contributed by atoms with van der Waals surface area (Å²) in [5, 5.41) is 14.7. The second kappa shape index (κ2) is 17.1. The molecule has 0 radical (unpaired) electrons. The number of carbonyl (C=O) groups is 1. The van der Waals surface area contributed by atoms with Gasteiger partial charge >= 0.3 is 160 Å². The monoisotopic (exact) mass is 191 g/mol. The Balaban J connectivity index is -0.0000000267. The summed E-state index contributed by atoms with van der Waals surface area (Å²) in [6.45, 7) is 0.